The SMILES string of the molecule is CC(C)CN(C)C(=O)c1cc(C2CC2)nc2c1cnn2C(C)C. The van der Waals surface area contributed by atoms with Crippen LogP contribution in [0.4, 0.5) is 0 Å². The summed E-state index contributed by atoms with van der Waals surface area (Å²) in [5.41, 5.74) is 2.62. The van der Waals surface area contributed by atoms with Crippen LogP contribution in [0.5, 0.6) is 0 Å². The largest absolute Gasteiger partial charge is 0.341 e. The van der Waals surface area contributed by atoms with E-state index < -0.39 is 0 Å². The van der Waals surface area contributed by atoms with Crippen molar-refractivity contribution >= 4 is 16.9 Å². The Kier molecular flexibility index (Phi) is 4.13. The van der Waals surface area contributed by atoms with Gasteiger partial charge in [0, 0.05) is 31.2 Å². The van der Waals surface area contributed by atoms with Crippen molar-refractivity contribution in [2.45, 2.75) is 52.5 Å². The van der Waals surface area contributed by atoms with Crippen LogP contribution in [0.3, 0.4) is 0 Å². The average molecular weight is 314 g/mol. The number of aromatic nitrogens is 3. The van der Waals surface area contributed by atoms with E-state index in [2.05, 4.69) is 32.8 Å². The van der Waals surface area contributed by atoms with Crippen LogP contribution in [0.1, 0.15) is 68.5 Å². The monoisotopic (exact) mass is 314 g/mol. The van der Waals surface area contributed by atoms with Gasteiger partial charge in [-0.05, 0) is 38.7 Å². The average Bonchev–Trinajstić information content (AvgIpc) is 3.23. The first-order valence-electron chi connectivity index (χ1n) is 8.52. The van der Waals surface area contributed by atoms with Crippen LogP contribution in [0.25, 0.3) is 11.0 Å². The zero-order valence-corrected chi connectivity index (χ0v) is 14.7. The third-order valence-corrected chi connectivity index (χ3v) is 4.29. The van der Waals surface area contributed by atoms with Crippen LogP contribution >= 0.6 is 0 Å². The van der Waals surface area contributed by atoms with Gasteiger partial charge in [0.1, 0.15) is 0 Å². The molecule has 0 N–H and O–H groups in total. The molecule has 2 aromatic rings. The summed E-state index contributed by atoms with van der Waals surface area (Å²) in [6.45, 7) is 9.17. The predicted molar refractivity (Wildman–Crippen MR) is 91.7 cm³/mol. The Hall–Kier alpha value is -1.91. The lowest BCUT2D eigenvalue weighted by Crippen LogP contribution is -2.30. The van der Waals surface area contributed by atoms with Gasteiger partial charge in [-0.1, -0.05) is 13.8 Å². The maximum Gasteiger partial charge on any atom is 0.254 e. The maximum absolute atomic E-state index is 12.9. The summed E-state index contributed by atoms with van der Waals surface area (Å²) in [6.07, 6.45) is 4.13. The molecule has 1 aliphatic rings. The second kappa shape index (κ2) is 5.95. The van der Waals surface area contributed by atoms with E-state index in [0.717, 1.165) is 28.8 Å². The number of amides is 1. The Bertz CT molecular complexity index is 728. The molecule has 0 atom stereocenters. The maximum atomic E-state index is 12.9. The first-order valence-corrected chi connectivity index (χ1v) is 8.52. The van der Waals surface area contributed by atoms with E-state index in [1.54, 1.807) is 6.20 Å². The Balaban J connectivity index is 2.09. The highest BCUT2D eigenvalue weighted by molar-refractivity contribution is 6.05. The van der Waals surface area contributed by atoms with Crippen molar-refractivity contribution in [1.82, 2.24) is 19.7 Å². The third-order valence-electron chi connectivity index (χ3n) is 4.29. The predicted octanol–water partition coefficient (Wildman–Crippen LogP) is 3.62. The number of nitrogens with zero attached hydrogens (tertiary/aromatic N) is 4. The van der Waals surface area contributed by atoms with E-state index in [0.29, 0.717) is 11.8 Å². The smallest absolute Gasteiger partial charge is 0.254 e. The molecule has 1 amide bonds. The Labute approximate surface area is 137 Å². The van der Waals surface area contributed by atoms with Crippen molar-refractivity contribution in [3.63, 3.8) is 0 Å². The van der Waals surface area contributed by atoms with Crippen LogP contribution in [0.2, 0.25) is 0 Å². The van der Waals surface area contributed by atoms with E-state index in [1.807, 2.05) is 22.7 Å². The zero-order valence-electron chi connectivity index (χ0n) is 14.7. The molecule has 0 bridgehead atoms. The normalized spacial score (nSPS) is 14.9. The molecule has 2 heterocycles. The van der Waals surface area contributed by atoms with Crippen molar-refractivity contribution in [3.05, 3.63) is 23.5 Å². The fourth-order valence-electron chi connectivity index (χ4n) is 3.02. The Morgan fingerprint density at radius 2 is 2.04 bits per heavy atom. The Morgan fingerprint density at radius 1 is 1.35 bits per heavy atom. The van der Waals surface area contributed by atoms with Crippen LogP contribution < -0.4 is 0 Å². The zero-order chi connectivity index (χ0) is 16.7. The van der Waals surface area contributed by atoms with Gasteiger partial charge in [-0.15, -0.1) is 0 Å². The molecule has 0 spiro atoms. The number of carbonyl (C=O) groups is 1. The van der Waals surface area contributed by atoms with Crippen LogP contribution in [0.15, 0.2) is 12.3 Å². The summed E-state index contributed by atoms with van der Waals surface area (Å²) >= 11 is 0. The van der Waals surface area contributed by atoms with Crippen molar-refractivity contribution in [1.29, 1.82) is 0 Å². The van der Waals surface area contributed by atoms with Gasteiger partial charge in [0.25, 0.3) is 5.91 Å². The molecule has 3 rings (SSSR count). The van der Waals surface area contributed by atoms with E-state index in [4.69, 9.17) is 4.98 Å². The van der Waals surface area contributed by atoms with Gasteiger partial charge in [0.05, 0.1) is 17.1 Å². The summed E-state index contributed by atoms with van der Waals surface area (Å²) in [4.78, 5) is 19.5. The molecule has 2 aromatic heterocycles. The van der Waals surface area contributed by atoms with Crippen LogP contribution in [-0.4, -0.2) is 39.2 Å². The van der Waals surface area contributed by atoms with Gasteiger partial charge in [-0.3, -0.25) is 4.79 Å². The third kappa shape index (κ3) is 3.09. The quantitative estimate of drug-likeness (QED) is 0.847. The van der Waals surface area contributed by atoms with Gasteiger partial charge < -0.3 is 4.90 Å². The summed E-state index contributed by atoms with van der Waals surface area (Å²) in [7, 11) is 1.87. The molecule has 0 radical (unpaired) electrons. The first-order chi connectivity index (χ1) is 10.9. The molecular weight excluding hydrogens is 288 g/mol. The molecular formula is C18H26N4O. The summed E-state index contributed by atoms with van der Waals surface area (Å²) in [6, 6.07) is 2.22. The highest BCUT2D eigenvalue weighted by atomic mass is 16.2. The number of pyridine rings is 1. The molecule has 1 aliphatic carbocycles. The number of hydrogen-bond donors (Lipinski definition) is 0. The van der Waals surface area contributed by atoms with E-state index in [9.17, 15) is 4.79 Å². The minimum atomic E-state index is 0.0660. The molecule has 0 saturated heterocycles. The van der Waals surface area contributed by atoms with Crippen molar-refractivity contribution < 1.29 is 4.79 Å². The van der Waals surface area contributed by atoms with Crippen LogP contribution in [0, 0.1) is 5.92 Å². The van der Waals surface area contributed by atoms with E-state index in [1.165, 1.54) is 12.8 Å². The molecule has 124 valence electrons. The molecule has 5 heteroatoms. The van der Waals surface area contributed by atoms with Gasteiger partial charge in [0.15, 0.2) is 5.65 Å². The van der Waals surface area contributed by atoms with Crippen molar-refractivity contribution in [3.8, 4) is 0 Å². The Morgan fingerprint density at radius 3 is 2.61 bits per heavy atom. The summed E-state index contributed by atoms with van der Waals surface area (Å²) in [5.74, 6) is 1.02. The van der Waals surface area contributed by atoms with E-state index >= 15 is 0 Å². The molecule has 0 unspecified atom stereocenters. The number of hydrogen-bond acceptors (Lipinski definition) is 3. The van der Waals surface area contributed by atoms with Gasteiger partial charge in [0.2, 0.25) is 0 Å². The number of carbonyl (C=O) groups excluding carboxylic acids is 1. The molecule has 23 heavy (non-hydrogen) atoms. The minimum absolute atomic E-state index is 0.0660. The van der Waals surface area contributed by atoms with Crippen LogP contribution in [-0.2, 0) is 0 Å². The lowest BCUT2D eigenvalue weighted by Gasteiger charge is -2.20. The first kappa shape index (κ1) is 16.0. The lowest BCUT2D eigenvalue weighted by atomic mass is 10.1. The van der Waals surface area contributed by atoms with Crippen molar-refractivity contribution in [2.75, 3.05) is 13.6 Å². The second-order valence-electron chi connectivity index (χ2n) is 7.37. The lowest BCUT2D eigenvalue weighted by molar-refractivity contribution is 0.0781. The van der Waals surface area contributed by atoms with Gasteiger partial charge >= 0.3 is 0 Å². The number of fused-ring (bicyclic) bond motifs is 1. The molecule has 1 saturated carbocycles. The van der Waals surface area contributed by atoms with Gasteiger partial charge in [-0.2, -0.15) is 5.10 Å². The minimum Gasteiger partial charge on any atom is -0.341 e. The standard InChI is InChI=1S/C18H26N4O/c1-11(2)10-21(5)18(23)14-8-16(13-6-7-13)20-17-15(14)9-19-22(17)12(3)4/h8-9,11-13H,6-7,10H2,1-5H3. The molecule has 0 aromatic carbocycles. The second-order valence-corrected chi connectivity index (χ2v) is 7.37. The highest BCUT2D eigenvalue weighted by Crippen LogP contribution is 2.40. The highest BCUT2D eigenvalue weighted by Gasteiger charge is 2.28. The molecule has 1 fully saturated rings. The van der Waals surface area contributed by atoms with E-state index in [-0.39, 0.29) is 11.9 Å². The number of rotatable bonds is 5. The summed E-state index contributed by atoms with van der Waals surface area (Å²) < 4.78 is 1.92. The van der Waals surface area contributed by atoms with Crippen molar-refractivity contribution in [2.24, 2.45) is 5.92 Å². The molecule has 5 nitrogen and oxygen atoms in total. The fourth-order valence-corrected chi connectivity index (χ4v) is 3.02. The summed E-state index contributed by atoms with van der Waals surface area (Å²) in [5, 5.41) is 5.33. The van der Waals surface area contributed by atoms with Gasteiger partial charge in [-0.25, -0.2) is 9.67 Å². The fraction of sp³-hybridized carbons (Fsp3) is 0.611. The molecule has 0 aliphatic heterocycles. The topological polar surface area (TPSA) is 51.0 Å².